The van der Waals surface area contributed by atoms with Gasteiger partial charge in [0.1, 0.15) is 6.04 Å². The summed E-state index contributed by atoms with van der Waals surface area (Å²) in [6, 6.07) is 7.43. The number of carboxylic acid groups (broad SMARTS) is 1. The molecule has 1 atom stereocenters. The normalized spacial score (nSPS) is 19.0. The van der Waals surface area contributed by atoms with Crippen molar-refractivity contribution in [3.8, 4) is 11.4 Å². The molecule has 1 aliphatic heterocycles. The summed E-state index contributed by atoms with van der Waals surface area (Å²) in [5.74, 6) is 0.213. The summed E-state index contributed by atoms with van der Waals surface area (Å²) in [6.45, 7) is 3.14. The molecule has 1 fully saturated rings. The van der Waals surface area contributed by atoms with Gasteiger partial charge in [-0.15, -0.1) is 0 Å². The Morgan fingerprint density at radius 1 is 1.52 bits per heavy atom. The number of likely N-dealkylation sites (tertiary alicyclic amines) is 1. The van der Waals surface area contributed by atoms with Crippen LogP contribution in [0.1, 0.15) is 24.3 Å². The van der Waals surface area contributed by atoms with Crippen molar-refractivity contribution in [2.24, 2.45) is 0 Å². The van der Waals surface area contributed by atoms with E-state index in [2.05, 4.69) is 10.1 Å². The van der Waals surface area contributed by atoms with Gasteiger partial charge in [-0.2, -0.15) is 4.98 Å². The van der Waals surface area contributed by atoms with Crippen molar-refractivity contribution in [2.45, 2.75) is 32.4 Å². The molecule has 0 radical (unpaired) electrons. The van der Waals surface area contributed by atoms with Crippen LogP contribution in [0.2, 0.25) is 0 Å². The average Bonchev–Trinajstić information content (AvgIpc) is 3.08. The Bertz CT molecular complexity index is 653. The Balaban J connectivity index is 1.75. The van der Waals surface area contributed by atoms with Crippen LogP contribution in [0.4, 0.5) is 0 Å². The van der Waals surface area contributed by atoms with Crippen molar-refractivity contribution >= 4 is 5.97 Å². The zero-order chi connectivity index (χ0) is 14.8. The second-order valence-corrected chi connectivity index (χ2v) is 5.35. The molecule has 2 heterocycles. The largest absolute Gasteiger partial charge is 0.480 e. The predicted octanol–water partition coefficient (Wildman–Crippen LogP) is 2.09. The zero-order valence-corrected chi connectivity index (χ0v) is 11.8. The molecule has 21 heavy (non-hydrogen) atoms. The number of hydrogen-bond acceptors (Lipinski definition) is 5. The third-order valence-corrected chi connectivity index (χ3v) is 3.73. The van der Waals surface area contributed by atoms with E-state index in [0.29, 0.717) is 24.7 Å². The van der Waals surface area contributed by atoms with Crippen molar-refractivity contribution in [3.63, 3.8) is 0 Å². The summed E-state index contributed by atoms with van der Waals surface area (Å²) in [5, 5.41) is 13.1. The monoisotopic (exact) mass is 287 g/mol. The fraction of sp³-hybridized carbons (Fsp3) is 0.400. The molecule has 0 aliphatic carbocycles. The molecule has 3 rings (SSSR count). The van der Waals surface area contributed by atoms with Crippen LogP contribution in [0.25, 0.3) is 11.4 Å². The topological polar surface area (TPSA) is 79.5 Å². The van der Waals surface area contributed by atoms with Crippen LogP contribution in [-0.4, -0.2) is 38.7 Å². The number of carboxylic acids is 1. The summed E-state index contributed by atoms with van der Waals surface area (Å²) in [5.41, 5.74) is 2.03. The predicted molar refractivity (Wildman–Crippen MR) is 75.5 cm³/mol. The summed E-state index contributed by atoms with van der Waals surface area (Å²) in [6.07, 6.45) is 1.56. The summed E-state index contributed by atoms with van der Waals surface area (Å²) < 4.78 is 5.25. The van der Waals surface area contributed by atoms with Gasteiger partial charge in [-0.1, -0.05) is 28.9 Å². The van der Waals surface area contributed by atoms with E-state index in [-0.39, 0.29) is 0 Å². The van der Waals surface area contributed by atoms with Gasteiger partial charge in [0, 0.05) is 5.56 Å². The Labute approximate surface area is 122 Å². The zero-order valence-electron chi connectivity index (χ0n) is 11.8. The van der Waals surface area contributed by atoms with Gasteiger partial charge in [0.25, 0.3) is 0 Å². The first-order chi connectivity index (χ1) is 10.1. The second kappa shape index (κ2) is 5.65. The van der Waals surface area contributed by atoms with Crippen LogP contribution in [0.3, 0.4) is 0 Å². The lowest BCUT2D eigenvalue weighted by Gasteiger charge is -2.18. The first kappa shape index (κ1) is 13.8. The number of aryl methyl sites for hydroxylation is 1. The Morgan fingerprint density at radius 3 is 3.14 bits per heavy atom. The standard InChI is InChI=1S/C15H17N3O3/c1-10-4-2-5-11(8-10)14-16-13(21-17-14)9-18-7-3-6-12(18)15(19)20/h2,4-5,8,12H,3,6-7,9H2,1H3,(H,19,20)/t12-/m0/s1. The highest BCUT2D eigenvalue weighted by atomic mass is 16.5. The molecule has 0 bridgehead atoms. The molecule has 0 saturated carbocycles. The van der Waals surface area contributed by atoms with Crippen LogP contribution in [0.5, 0.6) is 0 Å². The van der Waals surface area contributed by atoms with Gasteiger partial charge in [-0.05, 0) is 32.4 Å². The minimum atomic E-state index is -0.786. The maximum atomic E-state index is 11.2. The Morgan fingerprint density at radius 2 is 2.38 bits per heavy atom. The van der Waals surface area contributed by atoms with E-state index in [1.54, 1.807) is 0 Å². The number of aliphatic carboxylic acids is 1. The number of hydrogen-bond donors (Lipinski definition) is 1. The summed E-state index contributed by atoms with van der Waals surface area (Å²) >= 11 is 0. The molecule has 0 unspecified atom stereocenters. The molecule has 6 nitrogen and oxygen atoms in total. The molecule has 110 valence electrons. The van der Waals surface area contributed by atoms with E-state index in [0.717, 1.165) is 24.1 Å². The van der Waals surface area contributed by atoms with Gasteiger partial charge in [-0.25, -0.2) is 0 Å². The minimum Gasteiger partial charge on any atom is -0.480 e. The number of nitrogens with zero attached hydrogens (tertiary/aromatic N) is 3. The van der Waals surface area contributed by atoms with E-state index in [9.17, 15) is 4.79 Å². The highest BCUT2D eigenvalue weighted by Gasteiger charge is 2.31. The van der Waals surface area contributed by atoms with Gasteiger partial charge in [0.05, 0.1) is 6.54 Å². The fourth-order valence-corrected chi connectivity index (χ4v) is 2.69. The number of benzene rings is 1. The fourth-order valence-electron chi connectivity index (χ4n) is 2.69. The van der Waals surface area contributed by atoms with Crippen LogP contribution >= 0.6 is 0 Å². The Kier molecular flexibility index (Phi) is 3.70. The van der Waals surface area contributed by atoms with Crippen LogP contribution in [-0.2, 0) is 11.3 Å². The van der Waals surface area contributed by atoms with Crippen molar-refractivity contribution in [2.75, 3.05) is 6.54 Å². The molecule has 0 amide bonds. The summed E-state index contributed by atoms with van der Waals surface area (Å²) in [7, 11) is 0. The second-order valence-electron chi connectivity index (χ2n) is 5.35. The third-order valence-electron chi connectivity index (χ3n) is 3.73. The van der Waals surface area contributed by atoms with Gasteiger partial charge in [0.2, 0.25) is 11.7 Å². The smallest absolute Gasteiger partial charge is 0.320 e. The van der Waals surface area contributed by atoms with Crippen LogP contribution in [0, 0.1) is 6.92 Å². The lowest BCUT2D eigenvalue weighted by Crippen LogP contribution is -2.35. The van der Waals surface area contributed by atoms with Crippen molar-refractivity contribution < 1.29 is 14.4 Å². The first-order valence-electron chi connectivity index (χ1n) is 7.00. The molecule has 1 aromatic heterocycles. The van der Waals surface area contributed by atoms with Crippen LogP contribution in [0.15, 0.2) is 28.8 Å². The number of aromatic nitrogens is 2. The molecule has 2 aromatic rings. The highest BCUT2D eigenvalue weighted by Crippen LogP contribution is 2.21. The molecule has 0 spiro atoms. The average molecular weight is 287 g/mol. The van der Waals surface area contributed by atoms with E-state index in [1.165, 1.54) is 0 Å². The molecule has 1 aliphatic rings. The number of rotatable bonds is 4. The highest BCUT2D eigenvalue weighted by molar-refractivity contribution is 5.73. The van der Waals surface area contributed by atoms with Crippen molar-refractivity contribution in [1.82, 2.24) is 15.0 Å². The SMILES string of the molecule is Cc1cccc(-c2noc(CN3CCC[C@H]3C(=O)O)n2)c1. The minimum absolute atomic E-state index is 0.385. The maximum absolute atomic E-state index is 11.2. The first-order valence-corrected chi connectivity index (χ1v) is 7.00. The quantitative estimate of drug-likeness (QED) is 0.927. The lowest BCUT2D eigenvalue weighted by molar-refractivity contribution is -0.142. The van der Waals surface area contributed by atoms with Crippen molar-refractivity contribution in [3.05, 3.63) is 35.7 Å². The molecule has 1 aromatic carbocycles. The van der Waals surface area contributed by atoms with E-state index in [1.807, 2.05) is 36.1 Å². The Hall–Kier alpha value is -2.21. The lowest BCUT2D eigenvalue weighted by atomic mass is 10.1. The molecule has 1 saturated heterocycles. The molecule has 1 N–H and O–H groups in total. The van der Waals surface area contributed by atoms with Crippen molar-refractivity contribution in [1.29, 1.82) is 0 Å². The van der Waals surface area contributed by atoms with Gasteiger partial charge < -0.3 is 9.63 Å². The van der Waals surface area contributed by atoms with E-state index in [4.69, 9.17) is 9.63 Å². The summed E-state index contributed by atoms with van der Waals surface area (Å²) in [4.78, 5) is 17.4. The third kappa shape index (κ3) is 2.95. The molecular formula is C15H17N3O3. The number of carbonyl (C=O) groups is 1. The van der Waals surface area contributed by atoms with Gasteiger partial charge >= 0.3 is 5.97 Å². The van der Waals surface area contributed by atoms with E-state index < -0.39 is 12.0 Å². The van der Waals surface area contributed by atoms with Gasteiger partial charge in [-0.3, -0.25) is 9.69 Å². The van der Waals surface area contributed by atoms with E-state index >= 15 is 0 Å². The van der Waals surface area contributed by atoms with Crippen LogP contribution < -0.4 is 0 Å². The molecule has 6 heteroatoms. The molecular weight excluding hydrogens is 270 g/mol. The van der Waals surface area contributed by atoms with Gasteiger partial charge in [0.15, 0.2) is 0 Å². The maximum Gasteiger partial charge on any atom is 0.320 e.